The number of rotatable bonds is 1. The van der Waals surface area contributed by atoms with Crippen molar-refractivity contribution in [3.05, 3.63) is 33.6 Å². The molecular formula is C9H4BrO2S-. The van der Waals surface area contributed by atoms with Gasteiger partial charge in [-0.1, -0.05) is 15.9 Å². The number of aromatic carboxylic acids is 1. The number of carboxylic acids is 1. The van der Waals surface area contributed by atoms with Gasteiger partial charge < -0.3 is 9.90 Å². The molecule has 0 radical (unpaired) electrons. The van der Waals surface area contributed by atoms with Gasteiger partial charge in [0.05, 0.1) is 5.97 Å². The van der Waals surface area contributed by atoms with Gasteiger partial charge in [-0.2, -0.15) is 0 Å². The van der Waals surface area contributed by atoms with E-state index in [0.717, 1.165) is 14.6 Å². The number of carbonyl (C=O) groups is 1. The summed E-state index contributed by atoms with van der Waals surface area (Å²) < 4.78 is 1.84. The highest BCUT2D eigenvalue weighted by molar-refractivity contribution is 9.10. The number of halogens is 1. The molecule has 0 N–H and O–H groups in total. The highest BCUT2D eigenvalue weighted by Crippen LogP contribution is 2.28. The summed E-state index contributed by atoms with van der Waals surface area (Å²) in [5.74, 6) is -1.12. The maximum Gasteiger partial charge on any atom is 0.0729 e. The molecular weight excluding hydrogens is 252 g/mol. The van der Waals surface area contributed by atoms with Crippen molar-refractivity contribution in [1.82, 2.24) is 0 Å². The topological polar surface area (TPSA) is 40.1 Å². The van der Waals surface area contributed by atoms with Crippen molar-refractivity contribution >= 4 is 43.3 Å². The molecule has 0 atom stereocenters. The Hall–Kier alpha value is -0.870. The van der Waals surface area contributed by atoms with Gasteiger partial charge >= 0.3 is 0 Å². The molecule has 0 bridgehead atoms. The SMILES string of the molecule is O=C([O-])c1csc2ccc(Br)cc12. The normalized spacial score (nSPS) is 10.5. The van der Waals surface area contributed by atoms with Crippen LogP contribution in [0, 0.1) is 0 Å². The zero-order chi connectivity index (χ0) is 9.42. The molecule has 1 aromatic carbocycles. The summed E-state index contributed by atoms with van der Waals surface area (Å²) in [5, 5.41) is 13.0. The molecule has 0 saturated carbocycles. The van der Waals surface area contributed by atoms with Gasteiger partial charge in [-0.3, -0.25) is 0 Å². The van der Waals surface area contributed by atoms with Crippen LogP contribution < -0.4 is 5.11 Å². The molecule has 2 rings (SSSR count). The smallest absolute Gasteiger partial charge is 0.0729 e. The Morgan fingerprint density at radius 2 is 2.23 bits per heavy atom. The Bertz CT molecular complexity index is 475. The van der Waals surface area contributed by atoms with Crippen LogP contribution in [0.5, 0.6) is 0 Å². The van der Waals surface area contributed by atoms with Crippen molar-refractivity contribution in [2.45, 2.75) is 0 Å². The van der Waals surface area contributed by atoms with Crippen molar-refractivity contribution in [2.24, 2.45) is 0 Å². The second-order valence-corrected chi connectivity index (χ2v) is 4.40. The van der Waals surface area contributed by atoms with Gasteiger partial charge in [0.25, 0.3) is 0 Å². The molecule has 0 aliphatic heterocycles. The second-order valence-electron chi connectivity index (χ2n) is 2.58. The van der Waals surface area contributed by atoms with Gasteiger partial charge in [0.15, 0.2) is 0 Å². The Kier molecular flexibility index (Phi) is 2.09. The van der Waals surface area contributed by atoms with Crippen LogP contribution in [-0.4, -0.2) is 5.97 Å². The molecule has 2 aromatic rings. The lowest BCUT2D eigenvalue weighted by atomic mass is 10.2. The number of fused-ring (bicyclic) bond motifs is 1. The average molecular weight is 256 g/mol. The minimum Gasteiger partial charge on any atom is -0.545 e. The monoisotopic (exact) mass is 255 g/mol. The fourth-order valence-electron chi connectivity index (χ4n) is 1.16. The number of carbonyl (C=O) groups excluding carboxylic acids is 1. The van der Waals surface area contributed by atoms with Gasteiger partial charge in [-0.25, -0.2) is 0 Å². The number of benzene rings is 1. The van der Waals surface area contributed by atoms with E-state index in [1.807, 2.05) is 12.1 Å². The molecule has 1 heterocycles. The summed E-state index contributed by atoms with van der Waals surface area (Å²) in [7, 11) is 0. The van der Waals surface area contributed by atoms with Gasteiger partial charge in [-0.05, 0) is 18.2 Å². The van der Waals surface area contributed by atoms with Crippen molar-refractivity contribution in [1.29, 1.82) is 0 Å². The van der Waals surface area contributed by atoms with Gasteiger partial charge in [0.1, 0.15) is 0 Å². The van der Waals surface area contributed by atoms with E-state index in [2.05, 4.69) is 15.9 Å². The largest absolute Gasteiger partial charge is 0.545 e. The van der Waals surface area contributed by atoms with Crippen LogP contribution in [0.2, 0.25) is 0 Å². The summed E-state index contributed by atoms with van der Waals surface area (Å²) >= 11 is 4.70. The third-order valence-electron chi connectivity index (χ3n) is 1.76. The molecule has 13 heavy (non-hydrogen) atoms. The maximum absolute atomic E-state index is 10.7. The van der Waals surface area contributed by atoms with E-state index in [4.69, 9.17) is 0 Å². The Morgan fingerprint density at radius 1 is 1.46 bits per heavy atom. The summed E-state index contributed by atoms with van der Waals surface area (Å²) in [6.45, 7) is 0. The predicted molar refractivity (Wildman–Crippen MR) is 53.9 cm³/mol. The summed E-state index contributed by atoms with van der Waals surface area (Å²) in [6.07, 6.45) is 0. The summed E-state index contributed by atoms with van der Waals surface area (Å²) in [5.41, 5.74) is 0.265. The van der Waals surface area contributed by atoms with Crippen molar-refractivity contribution < 1.29 is 9.90 Å². The van der Waals surface area contributed by atoms with E-state index in [1.54, 1.807) is 11.4 Å². The van der Waals surface area contributed by atoms with E-state index in [1.165, 1.54) is 11.3 Å². The van der Waals surface area contributed by atoms with E-state index in [9.17, 15) is 9.90 Å². The molecule has 4 heteroatoms. The third kappa shape index (κ3) is 1.47. The van der Waals surface area contributed by atoms with E-state index < -0.39 is 5.97 Å². The molecule has 0 unspecified atom stereocenters. The molecule has 1 aromatic heterocycles. The zero-order valence-electron chi connectivity index (χ0n) is 6.41. The summed E-state index contributed by atoms with van der Waals surface area (Å²) in [4.78, 5) is 10.7. The first-order chi connectivity index (χ1) is 6.18. The van der Waals surface area contributed by atoms with Gasteiger partial charge in [0, 0.05) is 25.5 Å². The molecule has 0 spiro atoms. The Labute approximate surface area is 86.9 Å². The highest BCUT2D eigenvalue weighted by atomic mass is 79.9. The van der Waals surface area contributed by atoms with Crippen LogP contribution in [0.1, 0.15) is 10.4 Å². The molecule has 0 aliphatic carbocycles. The number of hydrogen-bond acceptors (Lipinski definition) is 3. The first kappa shape index (κ1) is 8.72. The molecule has 66 valence electrons. The second kappa shape index (κ2) is 3.12. The highest BCUT2D eigenvalue weighted by Gasteiger charge is 2.04. The Balaban J connectivity index is 2.79. The number of hydrogen-bond donors (Lipinski definition) is 0. The number of carboxylic acid groups (broad SMARTS) is 1. The molecule has 0 saturated heterocycles. The van der Waals surface area contributed by atoms with E-state index >= 15 is 0 Å². The quantitative estimate of drug-likeness (QED) is 0.783. The fourth-order valence-corrected chi connectivity index (χ4v) is 2.43. The first-order valence-corrected chi connectivity index (χ1v) is 5.24. The fraction of sp³-hybridized carbons (Fsp3) is 0. The first-order valence-electron chi connectivity index (χ1n) is 3.56. The van der Waals surface area contributed by atoms with Gasteiger partial charge in [-0.15, -0.1) is 11.3 Å². The molecule has 0 fully saturated rings. The van der Waals surface area contributed by atoms with Crippen LogP contribution in [0.15, 0.2) is 28.1 Å². The van der Waals surface area contributed by atoms with E-state index in [-0.39, 0.29) is 5.56 Å². The minimum atomic E-state index is -1.12. The lowest BCUT2D eigenvalue weighted by molar-refractivity contribution is -0.254. The maximum atomic E-state index is 10.7. The molecule has 0 aliphatic rings. The summed E-state index contributed by atoms with van der Waals surface area (Å²) in [6, 6.07) is 5.56. The third-order valence-corrected chi connectivity index (χ3v) is 3.21. The lowest BCUT2D eigenvalue weighted by Crippen LogP contribution is -2.21. The molecule has 0 amide bonds. The standard InChI is InChI=1S/C9H5BrO2S/c10-5-1-2-8-6(3-5)7(4-13-8)9(11)12/h1-4H,(H,11,12)/p-1. The van der Waals surface area contributed by atoms with Crippen molar-refractivity contribution in [3.8, 4) is 0 Å². The van der Waals surface area contributed by atoms with Crippen LogP contribution in [0.25, 0.3) is 10.1 Å². The van der Waals surface area contributed by atoms with E-state index in [0.29, 0.717) is 0 Å². The van der Waals surface area contributed by atoms with Crippen LogP contribution in [0.4, 0.5) is 0 Å². The van der Waals surface area contributed by atoms with Crippen LogP contribution in [-0.2, 0) is 0 Å². The predicted octanol–water partition coefficient (Wildman–Crippen LogP) is 2.03. The zero-order valence-corrected chi connectivity index (χ0v) is 8.81. The lowest BCUT2D eigenvalue weighted by Gasteiger charge is -1.99. The van der Waals surface area contributed by atoms with Crippen molar-refractivity contribution in [3.63, 3.8) is 0 Å². The molecule has 2 nitrogen and oxygen atoms in total. The van der Waals surface area contributed by atoms with Crippen molar-refractivity contribution in [2.75, 3.05) is 0 Å². The van der Waals surface area contributed by atoms with Crippen LogP contribution >= 0.6 is 27.3 Å². The minimum absolute atomic E-state index is 0.265. The van der Waals surface area contributed by atoms with Crippen LogP contribution in [0.3, 0.4) is 0 Å². The van der Waals surface area contributed by atoms with Gasteiger partial charge in [0.2, 0.25) is 0 Å². The number of thiophene rings is 1. The average Bonchev–Trinajstić information content (AvgIpc) is 2.46. The Morgan fingerprint density at radius 3 is 2.92 bits per heavy atom.